The SMILES string of the molecule is COc1cccc(NC(=S)NCCCn2cnc3ccccc32)c1. The number of methoxy groups -OCH3 is 1. The minimum absolute atomic E-state index is 0.610. The van der Waals surface area contributed by atoms with Gasteiger partial charge >= 0.3 is 0 Å². The number of imidazole rings is 1. The third-order valence-electron chi connectivity index (χ3n) is 3.72. The Bertz CT molecular complexity index is 831. The Morgan fingerprint density at radius 1 is 1.21 bits per heavy atom. The molecule has 0 unspecified atom stereocenters. The van der Waals surface area contributed by atoms with Crippen LogP contribution in [0.25, 0.3) is 11.0 Å². The molecule has 1 aromatic heterocycles. The number of rotatable bonds is 6. The van der Waals surface area contributed by atoms with Crippen LogP contribution in [0.2, 0.25) is 0 Å². The molecule has 2 N–H and O–H groups in total. The van der Waals surface area contributed by atoms with Gasteiger partial charge in [-0.15, -0.1) is 0 Å². The molecular weight excluding hydrogens is 320 g/mol. The Labute approximate surface area is 146 Å². The van der Waals surface area contributed by atoms with Gasteiger partial charge in [-0.05, 0) is 42.9 Å². The first kappa shape index (κ1) is 16.3. The molecule has 0 radical (unpaired) electrons. The van der Waals surface area contributed by atoms with E-state index < -0.39 is 0 Å². The van der Waals surface area contributed by atoms with Gasteiger partial charge in [-0.1, -0.05) is 18.2 Å². The molecule has 5 nitrogen and oxygen atoms in total. The second-order valence-corrected chi connectivity index (χ2v) is 5.80. The van der Waals surface area contributed by atoms with E-state index in [1.54, 1.807) is 7.11 Å². The number of ether oxygens (including phenoxy) is 1. The van der Waals surface area contributed by atoms with E-state index >= 15 is 0 Å². The van der Waals surface area contributed by atoms with Gasteiger partial charge in [-0.2, -0.15) is 0 Å². The molecule has 0 atom stereocenters. The summed E-state index contributed by atoms with van der Waals surface area (Å²) in [7, 11) is 1.65. The fourth-order valence-electron chi connectivity index (χ4n) is 2.52. The molecule has 124 valence electrons. The number of nitrogens with one attached hydrogen (secondary N) is 2. The first-order valence-corrected chi connectivity index (χ1v) is 8.26. The molecule has 0 amide bonds. The molecule has 0 saturated heterocycles. The van der Waals surface area contributed by atoms with Crippen LogP contribution in [0, 0.1) is 0 Å². The zero-order valence-electron chi connectivity index (χ0n) is 13.5. The van der Waals surface area contributed by atoms with Crippen molar-refractivity contribution in [2.75, 3.05) is 19.0 Å². The van der Waals surface area contributed by atoms with Gasteiger partial charge in [0.25, 0.3) is 0 Å². The van der Waals surface area contributed by atoms with Crippen molar-refractivity contribution >= 4 is 34.1 Å². The van der Waals surface area contributed by atoms with Crippen LogP contribution in [0.1, 0.15) is 6.42 Å². The number of anilines is 1. The highest BCUT2D eigenvalue weighted by atomic mass is 32.1. The molecule has 0 aliphatic heterocycles. The van der Waals surface area contributed by atoms with Crippen molar-refractivity contribution in [2.24, 2.45) is 0 Å². The van der Waals surface area contributed by atoms with Crippen LogP contribution >= 0.6 is 12.2 Å². The number of aryl methyl sites for hydroxylation is 1. The lowest BCUT2D eigenvalue weighted by Crippen LogP contribution is -2.29. The summed E-state index contributed by atoms with van der Waals surface area (Å²) in [5.41, 5.74) is 3.10. The van der Waals surface area contributed by atoms with Gasteiger partial charge in [0.05, 0.1) is 24.5 Å². The van der Waals surface area contributed by atoms with Crippen molar-refractivity contribution in [3.63, 3.8) is 0 Å². The van der Waals surface area contributed by atoms with Gasteiger partial charge < -0.3 is 19.9 Å². The van der Waals surface area contributed by atoms with Crippen molar-refractivity contribution in [2.45, 2.75) is 13.0 Å². The third-order valence-corrected chi connectivity index (χ3v) is 3.96. The number of hydrogen-bond donors (Lipinski definition) is 2. The molecule has 1 heterocycles. The average molecular weight is 340 g/mol. The van der Waals surface area contributed by atoms with Gasteiger partial charge in [0, 0.05) is 24.8 Å². The number of para-hydroxylation sites is 2. The maximum Gasteiger partial charge on any atom is 0.170 e. The van der Waals surface area contributed by atoms with E-state index in [1.165, 1.54) is 0 Å². The summed E-state index contributed by atoms with van der Waals surface area (Å²) in [6, 6.07) is 15.8. The second kappa shape index (κ2) is 7.79. The van der Waals surface area contributed by atoms with E-state index in [0.29, 0.717) is 5.11 Å². The smallest absolute Gasteiger partial charge is 0.170 e. The van der Waals surface area contributed by atoms with Crippen LogP contribution in [0.5, 0.6) is 5.75 Å². The summed E-state index contributed by atoms with van der Waals surface area (Å²) in [5, 5.41) is 7.00. The predicted octanol–water partition coefficient (Wildman–Crippen LogP) is 3.42. The molecule has 3 aromatic rings. The van der Waals surface area contributed by atoms with Gasteiger partial charge in [-0.25, -0.2) is 4.98 Å². The largest absolute Gasteiger partial charge is 0.497 e. The van der Waals surface area contributed by atoms with E-state index in [4.69, 9.17) is 17.0 Å². The first-order valence-electron chi connectivity index (χ1n) is 7.85. The second-order valence-electron chi connectivity index (χ2n) is 5.39. The van der Waals surface area contributed by atoms with E-state index in [0.717, 1.165) is 42.0 Å². The van der Waals surface area contributed by atoms with Crippen molar-refractivity contribution in [1.29, 1.82) is 0 Å². The zero-order valence-corrected chi connectivity index (χ0v) is 14.3. The number of nitrogens with zero attached hydrogens (tertiary/aromatic N) is 2. The summed E-state index contributed by atoms with van der Waals surface area (Å²) >= 11 is 5.32. The van der Waals surface area contributed by atoms with Crippen LogP contribution in [0.15, 0.2) is 54.9 Å². The molecule has 2 aromatic carbocycles. The van der Waals surface area contributed by atoms with E-state index in [9.17, 15) is 0 Å². The summed E-state index contributed by atoms with van der Waals surface area (Å²) in [6.45, 7) is 1.69. The van der Waals surface area contributed by atoms with E-state index in [2.05, 4.69) is 26.3 Å². The highest BCUT2D eigenvalue weighted by molar-refractivity contribution is 7.80. The quantitative estimate of drug-likeness (QED) is 0.532. The van der Waals surface area contributed by atoms with Crippen molar-refractivity contribution < 1.29 is 4.74 Å². The molecule has 24 heavy (non-hydrogen) atoms. The Hall–Kier alpha value is -2.60. The van der Waals surface area contributed by atoms with E-state index in [-0.39, 0.29) is 0 Å². The lowest BCUT2D eigenvalue weighted by atomic mass is 10.3. The maximum absolute atomic E-state index is 5.32. The Morgan fingerprint density at radius 2 is 2.08 bits per heavy atom. The van der Waals surface area contributed by atoms with Crippen LogP contribution in [-0.2, 0) is 6.54 Å². The average Bonchev–Trinajstić information content (AvgIpc) is 3.02. The van der Waals surface area contributed by atoms with Gasteiger partial charge in [0.15, 0.2) is 5.11 Å². The standard InChI is InChI=1S/C18H20N4OS/c1-23-15-7-4-6-14(12-15)21-18(24)19-10-5-11-22-13-20-16-8-2-3-9-17(16)22/h2-4,6-9,12-13H,5,10-11H2,1H3,(H2,19,21,24). The summed E-state index contributed by atoms with van der Waals surface area (Å²) in [4.78, 5) is 4.40. The van der Waals surface area contributed by atoms with Gasteiger partial charge in [-0.3, -0.25) is 0 Å². The number of fused-ring (bicyclic) bond motifs is 1. The maximum atomic E-state index is 5.32. The number of thiocarbonyl (C=S) groups is 1. The number of hydrogen-bond acceptors (Lipinski definition) is 3. The molecule has 0 saturated carbocycles. The Balaban J connectivity index is 1.45. The minimum atomic E-state index is 0.610. The molecule has 0 spiro atoms. The molecule has 0 fully saturated rings. The number of aromatic nitrogens is 2. The Kier molecular flexibility index (Phi) is 5.28. The van der Waals surface area contributed by atoms with Crippen LogP contribution in [0.4, 0.5) is 5.69 Å². The summed E-state index contributed by atoms with van der Waals surface area (Å²) in [6.07, 6.45) is 2.85. The summed E-state index contributed by atoms with van der Waals surface area (Å²) in [5.74, 6) is 0.801. The van der Waals surface area contributed by atoms with Crippen molar-refractivity contribution in [1.82, 2.24) is 14.9 Å². The van der Waals surface area contributed by atoms with Gasteiger partial charge in [0.2, 0.25) is 0 Å². The van der Waals surface area contributed by atoms with Crippen LogP contribution in [-0.4, -0.2) is 28.3 Å². The number of benzene rings is 2. The normalized spacial score (nSPS) is 10.5. The molecule has 3 rings (SSSR count). The minimum Gasteiger partial charge on any atom is -0.497 e. The molecule has 0 bridgehead atoms. The molecule has 0 aliphatic carbocycles. The molecule has 0 aliphatic rings. The molecular formula is C18H20N4OS. The highest BCUT2D eigenvalue weighted by Gasteiger charge is 2.02. The topological polar surface area (TPSA) is 51.1 Å². The van der Waals surface area contributed by atoms with Gasteiger partial charge in [0.1, 0.15) is 5.75 Å². The highest BCUT2D eigenvalue weighted by Crippen LogP contribution is 2.16. The monoisotopic (exact) mass is 340 g/mol. The van der Waals surface area contributed by atoms with E-state index in [1.807, 2.05) is 48.8 Å². The first-order chi connectivity index (χ1) is 11.8. The van der Waals surface area contributed by atoms with Crippen LogP contribution < -0.4 is 15.4 Å². The summed E-state index contributed by atoms with van der Waals surface area (Å²) < 4.78 is 7.36. The Morgan fingerprint density at radius 3 is 2.96 bits per heavy atom. The molecule has 6 heteroatoms. The lowest BCUT2D eigenvalue weighted by molar-refractivity contribution is 0.415. The predicted molar refractivity (Wildman–Crippen MR) is 102 cm³/mol. The third kappa shape index (κ3) is 4.02. The zero-order chi connectivity index (χ0) is 16.8. The van der Waals surface area contributed by atoms with Crippen molar-refractivity contribution in [3.05, 3.63) is 54.9 Å². The van der Waals surface area contributed by atoms with Crippen LogP contribution in [0.3, 0.4) is 0 Å². The van der Waals surface area contributed by atoms with Crippen molar-refractivity contribution in [3.8, 4) is 5.75 Å². The fourth-order valence-corrected chi connectivity index (χ4v) is 2.74. The lowest BCUT2D eigenvalue weighted by Gasteiger charge is -2.11. The fraction of sp³-hybridized carbons (Fsp3) is 0.222.